The van der Waals surface area contributed by atoms with E-state index in [1.54, 1.807) is 47.4 Å². The summed E-state index contributed by atoms with van der Waals surface area (Å²) < 4.78 is 44.8. The van der Waals surface area contributed by atoms with E-state index in [1.165, 1.54) is 25.5 Å². The molecule has 1 heterocycles. The lowest BCUT2D eigenvalue weighted by Gasteiger charge is -2.22. The highest BCUT2D eigenvalue weighted by Crippen LogP contribution is 2.42. The van der Waals surface area contributed by atoms with Crippen molar-refractivity contribution in [2.75, 3.05) is 11.5 Å². The molecule has 4 rings (SSSR count). The third-order valence-electron chi connectivity index (χ3n) is 6.85. The van der Waals surface area contributed by atoms with E-state index < -0.39 is 32.8 Å². The second kappa shape index (κ2) is 14.7. The Labute approximate surface area is 247 Å². The summed E-state index contributed by atoms with van der Waals surface area (Å²) in [6.07, 6.45) is 4.83. The van der Waals surface area contributed by atoms with Gasteiger partial charge in [-0.15, -0.1) is 0 Å². The Hall–Kier alpha value is -4.11. The van der Waals surface area contributed by atoms with Gasteiger partial charge in [0, 0.05) is 0 Å². The number of hydrogen-bond acceptors (Lipinski definition) is 8. The Morgan fingerprint density at radius 1 is 0.833 bits per heavy atom. The SMILES string of the molecule is CCCCCCCCOC(=O)C(C)OC(=O)/C(=C1\Oc2ccccc2N1Cc1ccccc1)S(=O)(=O)c1ccccc1. The van der Waals surface area contributed by atoms with E-state index in [1.807, 2.05) is 30.3 Å². The molecule has 1 unspecified atom stereocenters. The van der Waals surface area contributed by atoms with Crippen molar-refractivity contribution in [3.05, 3.63) is 101 Å². The lowest BCUT2D eigenvalue weighted by molar-refractivity contribution is -0.164. The molecule has 0 fully saturated rings. The minimum absolute atomic E-state index is 0.109. The average Bonchev–Trinajstić information content (AvgIpc) is 3.34. The van der Waals surface area contributed by atoms with Crippen molar-refractivity contribution in [2.24, 2.45) is 0 Å². The largest absolute Gasteiger partial charge is 0.463 e. The maximum atomic E-state index is 14.0. The van der Waals surface area contributed by atoms with Crippen molar-refractivity contribution < 1.29 is 32.2 Å². The van der Waals surface area contributed by atoms with E-state index in [2.05, 4.69) is 6.92 Å². The first kappa shape index (κ1) is 30.8. The van der Waals surface area contributed by atoms with Gasteiger partial charge in [0.15, 0.2) is 11.9 Å². The van der Waals surface area contributed by atoms with Crippen LogP contribution >= 0.6 is 0 Å². The molecule has 222 valence electrons. The molecule has 3 aromatic rings. The van der Waals surface area contributed by atoms with Gasteiger partial charge in [-0.1, -0.05) is 99.7 Å². The summed E-state index contributed by atoms with van der Waals surface area (Å²) in [4.78, 5) is 27.2. The molecule has 1 atom stereocenters. The molecule has 0 bridgehead atoms. The standard InChI is InChI=1S/C33H37NO7S/c1-3-4-5-6-7-16-23-39-32(35)25(2)40-33(36)30(42(37,38)27-19-12-9-13-20-27)31-34(24-26-17-10-8-11-18-26)28-21-14-15-22-29(28)41-31/h8-15,17-22,25H,3-7,16,23-24H2,1-2H3/b31-30+. The van der Waals surface area contributed by atoms with Crippen molar-refractivity contribution in [2.45, 2.75) is 69.9 Å². The fraction of sp³-hybridized carbons (Fsp3) is 0.333. The predicted octanol–water partition coefficient (Wildman–Crippen LogP) is 6.56. The van der Waals surface area contributed by atoms with Gasteiger partial charge in [0.1, 0.15) is 0 Å². The molecular weight excluding hydrogens is 554 g/mol. The molecule has 0 amide bonds. The van der Waals surface area contributed by atoms with Crippen LogP contribution < -0.4 is 9.64 Å². The Morgan fingerprint density at radius 3 is 2.17 bits per heavy atom. The van der Waals surface area contributed by atoms with E-state index in [4.69, 9.17) is 14.2 Å². The molecule has 0 N–H and O–H groups in total. The predicted molar refractivity (Wildman–Crippen MR) is 160 cm³/mol. The van der Waals surface area contributed by atoms with Gasteiger partial charge in [-0.2, -0.15) is 0 Å². The fourth-order valence-corrected chi connectivity index (χ4v) is 5.99. The summed E-state index contributed by atoms with van der Waals surface area (Å²) in [7, 11) is -4.44. The molecule has 0 saturated carbocycles. The number of benzene rings is 3. The van der Waals surface area contributed by atoms with Crippen molar-refractivity contribution in [3.63, 3.8) is 0 Å². The highest BCUT2D eigenvalue weighted by molar-refractivity contribution is 7.96. The van der Waals surface area contributed by atoms with Crippen LogP contribution in [-0.4, -0.2) is 33.1 Å². The Balaban J connectivity index is 1.63. The number of carbonyl (C=O) groups excluding carboxylic acids is 2. The zero-order valence-electron chi connectivity index (χ0n) is 24.0. The molecular formula is C33H37NO7S. The number of unbranched alkanes of at least 4 members (excludes halogenated alkanes) is 5. The Bertz CT molecular complexity index is 1490. The van der Waals surface area contributed by atoms with E-state index in [0.717, 1.165) is 31.2 Å². The van der Waals surface area contributed by atoms with Gasteiger partial charge in [-0.3, -0.25) is 0 Å². The van der Waals surface area contributed by atoms with Crippen molar-refractivity contribution in [1.29, 1.82) is 0 Å². The molecule has 0 aromatic heterocycles. The Kier molecular flexibility index (Phi) is 10.8. The lowest BCUT2D eigenvalue weighted by Crippen LogP contribution is -2.32. The summed E-state index contributed by atoms with van der Waals surface area (Å²) in [6, 6.07) is 24.0. The van der Waals surface area contributed by atoms with Crippen LogP contribution in [0, 0.1) is 0 Å². The molecule has 9 heteroatoms. The van der Waals surface area contributed by atoms with Gasteiger partial charge in [-0.25, -0.2) is 18.0 Å². The first-order valence-corrected chi connectivity index (χ1v) is 15.8. The average molecular weight is 592 g/mol. The van der Waals surface area contributed by atoms with Crippen LogP contribution in [0.4, 0.5) is 5.69 Å². The fourth-order valence-electron chi connectivity index (χ4n) is 4.59. The van der Waals surface area contributed by atoms with Crippen LogP contribution in [-0.2, 0) is 35.4 Å². The van der Waals surface area contributed by atoms with Crippen LogP contribution in [0.2, 0.25) is 0 Å². The quantitative estimate of drug-likeness (QED) is 0.118. The van der Waals surface area contributed by atoms with Gasteiger partial charge in [-0.05, 0) is 43.2 Å². The molecule has 8 nitrogen and oxygen atoms in total. The van der Waals surface area contributed by atoms with Crippen LogP contribution in [0.15, 0.2) is 101 Å². The van der Waals surface area contributed by atoms with Gasteiger partial charge in [0.2, 0.25) is 20.6 Å². The third kappa shape index (κ3) is 7.59. The summed E-state index contributed by atoms with van der Waals surface area (Å²) in [6.45, 7) is 3.94. The summed E-state index contributed by atoms with van der Waals surface area (Å²) in [5.41, 5.74) is 1.46. The molecule has 0 saturated heterocycles. The van der Waals surface area contributed by atoms with Gasteiger partial charge < -0.3 is 19.1 Å². The number of anilines is 1. The van der Waals surface area contributed by atoms with Crippen LogP contribution in [0.5, 0.6) is 5.75 Å². The van der Waals surface area contributed by atoms with E-state index in [0.29, 0.717) is 17.9 Å². The number of ether oxygens (including phenoxy) is 3. The van der Waals surface area contributed by atoms with Crippen LogP contribution in [0.25, 0.3) is 0 Å². The molecule has 0 aliphatic carbocycles. The maximum Gasteiger partial charge on any atom is 0.356 e. The smallest absolute Gasteiger partial charge is 0.356 e. The zero-order valence-corrected chi connectivity index (χ0v) is 24.8. The second-order valence-electron chi connectivity index (χ2n) is 10.1. The van der Waals surface area contributed by atoms with E-state index >= 15 is 0 Å². The number of hydrogen-bond donors (Lipinski definition) is 0. The number of para-hydroxylation sites is 2. The van der Waals surface area contributed by atoms with Crippen molar-refractivity contribution in [3.8, 4) is 5.75 Å². The van der Waals surface area contributed by atoms with E-state index in [-0.39, 0.29) is 23.9 Å². The first-order chi connectivity index (χ1) is 20.3. The number of fused-ring (bicyclic) bond motifs is 1. The number of nitrogens with zero attached hydrogens (tertiary/aromatic N) is 1. The Morgan fingerprint density at radius 2 is 1.45 bits per heavy atom. The highest BCUT2D eigenvalue weighted by Gasteiger charge is 2.41. The molecule has 0 radical (unpaired) electrons. The topological polar surface area (TPSA) is 99.2 Å². The number of carbonyl (C=O) groups is 2. The first-order valence-electron chi connectivity index (χ1n) is 14.3. The molecule has 1 aliphatic heterocycles. The van der Waals surface area contributed by atoms with Crippen LogP contribution in [0.1, 0.15) is 57.9 Å². The maximum absolute atomic E-state index is 14.0. The van der Waals surface area contributed by atoms with Gasteiger partial charge in [0.05, 0.1) is 23.7 Å². The highest BCUT2D eigenvalue weighted by atomic mass is 32.2. The van der Waals surface area contributed by atoms with Crippen molar-refractivity contribution >= 4 is 27.5 Å². The number of rotatable bonds is 14. The molecule has 1 aliphatic rings. The summed E-state index contributed by atoms with van der Waals surface area (Å²) in [5.74, 6) is -1.75. The molecule has 42 heavy (non-hydrogen) atoms. The normalized spacial score (nSPS) is 14.5. The van der Waals surface area contributed by atoms with Gasteiger partial charge in [0.25, 0.3) is 0 Å². The summed E-state index contributed by atoms with van der Waals surface area (Å²) in [5, 5.41) is 0. The number of sulfone groups is 1. The monoisotopic (exact) mass is 591 g/mol. The zero-order chi connectivity index (χ0) is 30.0. The minimum atomic E-state index is -4.44. The lowest BCUT2D eigenvalue weighted by atomic mass is 10.1. The summed E-state index contributed by atoms with van der Waals surface area (Å²) >= 11 is 0. The minimum Gasteiger partial charge on any atom is -0.463 e. The van der Waals surface area contributed by atoms with E-state index in [9.17, 15) is 18.0 Å². The van der Waals surface area contributed by atoms with Gasteiger partial charge >= 0.3 is 11.9 Å². The molecule has 0 spiro atoms. The third-order valence-corrected chi connectivity index (χ3v) is 8.62. The number of esters is 2. The van der Waals surface area contributed by atoms with Crippen molar-refractivity contribution in [1.82, 2.24) is 0 Å². The second-order valence-corrected chi connectivity index (χ2v) is 12.0. The molecule has 3 aromatic carbocycles. The van der Waals surface area contributed by atoms with Crippen LogP contribution in [0.3, 0.4) is 0 Å².